The summed E-state index contributed by atoms with van der Waals surface area (Å²) < 4.78 is 5.47. The fraction of sp³-hybridized carbons (Fsp3) is 1.00. The molecule has 6 heteroatoms. The van der Waals surface area contributed by atoms with Gasteiger partial charge in [0.15, 0.2) is 0 Å². The lowest BCUT2D eigenvalue weighted by Crippen LogP contribution is -2.55. The number of aliphatic hydroxyl groups excluding tert-OH is 1. The highest BCUT2D eigenvalue weighted by Gasteiger charge is 2.28. The van der Waals surface area contributed by atoms with Crippen LogP contribution in [0.4, 0.5) is 0 Å². The van der Waals surface area contributed by atoms with E-state index in [9.17, 15) is 5.11 Å². The maximum Gasteiger partial charge on any atom is 0.131 e. The van der Waals surface area contributed by atoms with Gasteiger partial charge >= 0.3 is 0 Å². The Morgan fingerprint density at radius 3 is 2.43 bits per heavy atom. The number of ether oxygens (including phenoxy) is 1. The molecule has 2 saturated heterocycles. The number of hydrogen-bond acceptors (Lipinski definition) is 6. The predicted molar refractivity (Wildman–Crippen MR) is 84.4 cm³/mol. The van der Waals surface area contributed by atoms with Crippen LogP contribution in [0, 0.1) is 0 Å². The molecule has 6 nitrogen and oxygen atoms in total. The first-order valence-corrected chi connectivity index (χ1v) is 8.27. The maximum atomic E-state index is 10.2. The minimum atomic E-state index is -0.457. The van der Waals surface area contributed by atoms with Crippen molar-refractivity contribution in [2.24, 2.45) is 0 Å². The van der Waals surface area contributed by atoms with Crippen LogP contribution in [-0.2, 0) is 4.74 Å². The molecule has 0 bridgehead atoms. The lowest BCUT2D eigenvalue weighted by atomic mass is 10.0. The van der Waals surface area contributed by atoms with Crippen LogP contribution in [0.2, 0.25) is 0 Å². The van der Waals surface area contributed by atoms with Crippen molar-refractivity contribution in [1.29, 1.82) is 0 Å². The van der Waals surface area contributed by atoms with Crippen LogP contribution >= 0.6 is 0 Å². The zero-order valence-electron chi connectivity index (χ0n) is 13.6. The molecule has 2 rings (SSSR count). The van der Waals surface area contributed by atoms with Crippen molar-refractivity contribution >= 4 is 0 Å². The predicted octanol–water partition coefficient (Wildman–Crippen LogP) is -0.747. The first-order valence-electron chi connectivity index (χ1n) is 8.27. The Morgan fingerprint density at radius 2 is 1.81 bits per heavy atom. The summed E-state index contributed by atoms with van der Waals surface area (Å²) in [4.78, 5) is 7.17. The second-order valence-corrected chi connectivity index (χ2v) is 6.27. The maximum absolute atomic E-state index is 10.2. The highest BCUT2D eigenvalue weighted by atomic mass is 16.5. The number of hydrogen-bond donors (Lipinski definition) is 2. The number of piperazine rings is 1. The van der Waals surface area contributed by atoms with Crippen molar-refractivity contribution in [3.63, 3.8) is 0 Å². The van der Waals surface area contributed by atoms with E-state index in [4.69, 9.17) is 4.74 Å². The topological polar surface area (TPSA) is 51.2 Å². The van der Waals surface area contributed by atoms with Gasteiger partial charge in [-0.25, -0.2) is 0 Å². The summed E-state index contributed by atoms with van der Waals surface area (Å²) in [6.07, 6.45) is 2.11. The van der Waals surface area contributed by atoms with Gasteiger partial charge in [0.05, 0.1) is 13.2 Å². The standard InChI is InChI=1S/C15H32N4O2/c1-16-5-12-21-13-15(20)19-10-8-18(9-11-19)14-3-6-17(2)7-4-14/h14-16,20H,3-13H2,1-2H3. The summed E-state index contributed by atoms with van der Waals surface area (Å²) in [5.74, 6) is 0. The average molecular weight is 300 g/mol. The third-order valence-electron chi connectivity index (χ3n) is 4.74. The molecule has 2 aliphatic heterocycles. The lowest BCUT2D eigenvalue weighted by Gasteiger charge is -2.43. The van der Waals surface area contributed by atoms with E-state index in [0.29, 0.717) is 13.2 Å². The molecule has 0 aromatic heterocycles. The van der Waals surface area contributed by atoms with Gasteiger partial charge in [-0.2, -0.15) is 0 Å². The largest absolute Gasteiger partial charge is 0.376 e. The van der Waals surface area contributed by atoms with E-state index in [1.807, 2.05) is 7.05 Å². The molecule has 2 fully saturated rings. The van der Waals surface area contributed by atoms with E-state index < -0.39 is 6.23 Å². The van der Waals surface area contributed by atoms with E-state index in [1.165, 1.54) is 25.9 Å². The SMILES string of the molecule is CNCCOCC(O)N1CCN(C2CCN(C)CC2)CC1. The number of likely N-dealkylation sites (N-methyl/N-ethyl adjacent to an activating group) is 1. The Labute approximate surface area is 129 Å². The number of aliphatic hydroxyl groups is 1. The van der Waals surface area contributed by atoms with Crippen molar-refractivity contribution in [2.45, 2.75) is 25.1 Å². The van der Waals surface area contributed by atoms with Crippen LogP contribution in [0.3, 0.4) is 0 Å². The molecule has 1 atom stereocenters. The lowest BCUT2D eigenvalue weighted by molar-refractivity contribution is -0.0789. The molecule has 0 radical (unpaired) electrons. The zero-order valence-corrected chi connectivity index (χ0v) is 13.6. The van der Waals surface area contributed by atoms with E-state index >= 15 is 0 Å². The van der Waals surface area contributed by atoms with Gasteiger partial charge in [-0.1, -0.05) is 0 Å². The van der Waals surface area contributed by atoms with Gasteiger partial charge in [0.1, 0.15) is 6.23 Å². The zero-order chi connectivity index (χ0) is 15.1. The van der Waals surface area contributed by atoms with Crippen LogP contribution in [0.5, 0.6) is 0 Å². The average Bonchev–Trinajstić information content (AvgIpc) is 2.52. The summed E-state index contributed by atoms with van der Waals surface area (Å²) in [7, 11) is 4.11. The number of nitrogens with one attached hydrogen (secondary N) is 1. The Balaban J connectivity index is 1.63. The first-order chi connectivity index (χ1) is 10.2. The summed E-state index contributed by atoms with van der Waals surface area (Å²) in [5.41, 5.74) is 0. The van der Waals surface area contributed by atoms with E-state index in [-0.39, 0.29) is 0 Å². The van der Waals surface area contributed by atoms with E-state index in [0.717, 1.165) is 38.8 Å². The molecule has 0 aromatic carbocycles. The molecule has 1 unspecified atom stereocenters. The van der Waals surface area contributed by atoms with E-state index in [1.54, 1.807) is 0 Å². The van der Waals surface area contributed by atoms with Crippen LogP contribution in [0.25, 0.3) is 0 Å². The van der Waals surface area contributed by atoms with Crippen molar-refractivity contribution < 1.29 is 9.84 Å². The molecule has 0 aromatic rings. The van der Waals surface area contributed by atoms with Gasteiger partial charge < -0.3 is 20.1 Å². The fourth-order valence-electron chi connectivity index (χ4n) is 3.23. The Morgan fingerprint density at radius 1 is 1.14 bits per heavy atom. The second-order valence-electron chi connectivity index (χ2n) is 6.27. The highest BCUT2D eigenvalue weighted by Crippen LogP contribution is 2.17. The minimum Gasteiger partial charge on any atom is -0.376 e. The molecule has 2 aliphatic rings. The third kappa shape index (κ3) is 5.47. The van der Waals surface area contributed by atoms with Crippen molar-refractivity contribution in [3.8, 4) is 0 Å². The van der Waals surface area contributed by atoms with Crippen LogP contribution < -0.4 is 5.32 Å². The second kappa shape index (κ2) is 9.02. The third-order valence-corrected chi connectivity index (χ3v) is 4.74. The Bertz CT molecular complexity index is 277. The van der Waals surface area contributed by atoms with Crippen molar-refractivity contribution in [3.05, 3.63) is 0 Å². The molecule has 0 amide bonds. The smallest absolute Gasteiger partial charge is 0.131 e. The van der Waals surface area contributed by atoms with Gasteiger partial charge in [-0.05, 0) is 40.0 Å². The summed E-state index contributed by atoms with van der Waals surface area (Å²) >= 11 is 0. The van der Waals surface area contributed by atoms with Crippen molar-refractivity contribution in [2.75, 3.05) is 73.1 Å². The van der Waals surface area contributed by atoms with Gasteiger partial charge in [0.25, 0.3) is 0 Å². The van der Waals surface area contributed by atoms with Gasteiger partial charge in [0.2, 0.25) is 0 Å². The Hall–Kier alpha value is -0.240. The van der Waals surface area contributed by atoms with Crippen LogP contribution in [0.15, 0.2) is 0 Å². The number of nitrogens with zero attached hydrogens (tertiary/aromatic N) is 3. The quantitative estimate of drug-likeness (QED) is 0.604. The molecule has 0 spiro atoms. The molecule has 2 heterocycles. The molecular weight excluding hydrogens is 268 g/mol. The number of rotatable bonds is 7. The van der Waals surface area contributed by atoms with Gasteiger partial charge in [-0.3, -0.25) is 9.80 Å². The monoisotopic (exact) mass is 300 g/mol. The molecular formula is C15H32N4O2. The van der Waals surface area contributed by atoms with E-state index in [2.05, 4.69) is 27.1 Å². The molecule has 124 valence electrons. The minimum absolute atomic E-state index is 0.413. The van der Waals surface area contributed by atoms with Gasteiger partial charge in [-0.15, -0.1) is 0 Å². The molecule has 2 N–H and O–H groups in total. The number of likely N-dealkylation sites (tertiary alicyclic amines) is 1. The normalized spacial score (nSPS) is 25.3. The molecule has 21 heavy (non-hydrogen) atoms. The Kier molecular flexibility index (Phi) is 7.36. The van der Waals surface area contributed by atoms with Crippen LogP contribution in [0.1, 0.15) is 12.8 Å². The first kappa shape index (κ1) is 17.1. The molecule has 0 saturated carbocycles. The molecule has 0 aliphatic carbocycles. The van der Waals surface area contributed by atoms with Gasteiger partial charge in [0, 0.05) is 38.8 Å². The number of piperidine rings is 1. The fourth-order valence-corrected chi connectivity index (χ4v) is 3.23. The van der Waals surface area contributed by atoms with Crippen LogP contribution in [-0.4, -0.2) is 105 Å². The summed E-state index contributed by atoms with van der Waals surface area (Å²) in [6, 6.07) is 0.743. The van der Waals surface area contributed by atoms with Crippen molar-refractivity contribution in [1.82, 2.24) is 20.0 Å². The summed E-state index contributed by atoms with van der Waals surface area (Å²) in [5, 5.41) is 13.2. The summed E-state index contributed by atoms with van der Waals surface area (Å²) in [6.45, 7) is 8.37. The highest BCUT2D eigenvalue weighted by molar-refractivity contribution is 4.83.